The van der Waals surface area contributed by atoms with Crippen LogP contribution in [0.5, 0.6) is 17.4 Å². The third-order valence-electron chi connectivity index (χ3n) is 4.07. The fourth-order valence-electron chi connectivity index (χ4n) is 2.76. The number of aromatic nitrogens is 4. The van der Waals surface area contributed by atoms with E-state index >= 15 is 0 Å². The maximum atomic E-state index is 14.1. The molecule has 1 N–H and O–H groups in total. The van der Waals surface area contributed by atoms with E-state index in [1.807, 2.05) is 13.8 Å². The van der Waals surface area contributed by atoms with Crippen molar-refractivity contribution in [2.45, 2.75) is 19.8 Å². The fourth-order valence-corrected chi connectivity index (χ4v) is 2.76. The largest absolute Gasteiger partial charge is 0.493 e. The van der Waals surface area contributed by atoms with Gasteiger partial charge in [0, 0.05) is 7.05 Å². The third kappa shape index (κ3) is 3.51. The Bertz CT molecular complexity index is 1030. The second-order valence-corrected chi connectivity index (χ2v) is 6.30. The van der Waals surface area contributed by atoms with Crippen molar-refractivity contribution in [3.05, 3.63) is 47.8 Å². The smallest absolute Gasteiger partial charge is 0.354 e. The number of hydrogen-bond donors (Lipinski definition) is 1. The minimum Gasteiger partial charge on any atom is -0.493 e. The summed E-state index contributed by atoms with van der Waals surface area (Å²) < 4.78 is 26.2. The summed E-state index contributed by atoms with van der Waals surface area (Å²) in [6.07, 6.45) is 2.75. The van der Waals surface area contributed by atoms with Crippen LogP contribution in [0.25, 0.3) is 11.5 Å². The van der Waals surface area contributed by atoms with Gasteiger partial charge in [0.2, 0.25) is 11.6 Å². The summed E-state index contributed by atoms with van der Waals surface area (Å²) in [5.74, 6) is -1.36. The summed E-state index contributed by atoms with van der Waals surface area (Å²) in [6, 6.07) is 4.29. The van der Waals surface area contributed by atoms with E-state index in [4.69, 9.17) is 9.47 Å². The van der Waals surface area contributed by atoms with Gasteiger partial charge in [-0.1, -0.05) is 19.9 Å². The number of hydrogen-bond acceptors (Lipinski definition) is 6. The molecule has 0 radical (unpaired) electrons. The van der Waals surface area contributed by atoms with Crippen molar-refractivity contribution in [2.75, 3.05) is 7.11 Å². The zero-order valence-electron chi connectivity index (χ0n) is 15.8. The van der Waals surface area contributed by atoms with E-state index in [9.17, 15) is 14.3 Å². The molecule has 0 saturated heterocycles. The highest BCUT2D eigenvalue weighted by atomic mass is 19.1. The number of imidazole rings is 1. The Balaban J connectivity index is 2.04. The first-order chi connectivity index (χ1) is 13.3. The van der Waals surface area contributed by atoms with Crippen molar-refractivity contribution in [1.29, 1.82) is 0 Å². The number of carboxylic acids is 1. The molecule has 3 aromatic rings. The van der Waals surface area contributed by atoms with Gasteiger partial charge in [0.25, 0.3) is 0 Å². The van der Waals surface area contributed by atoms with Crippen LogP contribution in [0.1, 0.15) is 35.9 Å². The lowest BCUT2D eigenvalue weighted by Crippen LogP contribution is -2.09. The number of carboxylic acid groups (broad SMARTS) is 1. The summed E-state index contributed by atoms with van der Waals surface area (Å²) in [7, 11) is 2.99. The molecular formula is C19H19FN4O4. The van der Waals surface area contributed by atoms with E-state index in [0.717, 1.165) is 0 Å². The molecule has 0 aliphatic carbocycles. The minimum atomic E-state index is -1.08. The summed E-state index contributed by atoms with van der Waals surface area (Å²) >= 11 is 0. The van der Waals surface area contributed by atoms with E-state index in [1.54, 1.807) is 13.1 Å². The highest BCUT2D eigenvalue weighted by molar-refractivity contribution is 5.88. The fraction of sp³-hybridized carbons (Fsp3) is 0.263. The number of benzene rings is 1. The Kier molecular flexibility index (Phi) is 5.25. The molecule has 0 aliphatic heterocycles. The number of rotatable bonds is 6. The molecule has 0 bridgehead atoms. The molecule has 0 amide bonds. The van der Waals surface area contributed by atoms with Crippen LogP contribution in [-0.4, -0.2) is 37.7 Å². The normalized spacial score (nSPS) is 10.9. The molecular weight excluding hydrogens is 367 g/mol. The second kappa shape index (κ2) is 7.63. The maximum Gasteiger partial charge on any atom is 0.354 e. The molecule has 3 rings (SSSR count). The summed E-state index contributed by atoms with van der Waals surface area (Å²) in [5.41, 5.74) is 0.812. The van der Waals surface area contributed by atoms with Crippen LogP contribution in [0.4, 0.5) is 4.39 Å². The molecule has 0 spiro atoms. The molecule has 0 atom stereocenters. The van der Waals surface area contributed by atoms with Crippen molar-refractivity contribution in [2.24, 2.45) is 7.05 Å². The molecule has 1 aromatic carbocycles. The highest BCUT2D eigenvalue weighted by Gasteiger charge is 2.24. The minimum absolute atomic E-state index is 0.0203. The van der Waals surface area contributed by atoms with Crippen LogP contribution in [-0.2, 0) is 7.05 Å². The van der Waals surface area contributed by atoms with Gasteiger partial charge in [-0.05, 0) is 18.1 Å². The molecule has 28 heavy (non-hydrogen) atoms. The average molecular weight is 386 g/mol. The van der Waals surface area contributed by atoms with Crippen LogP contribution in [0.3, 0.4) is 0 Å². The maximum absolute atomic E-state index is 14.1. The quantitative estimate of drug-likeness (QED) is 0.690. The number of para-hydroxylation sites is 1. The molecule has 0 unspecified atom stereocenters. The van der Waals surface area contributed by atoms with Crippen LogP contribution in [0.2, 0.25) is 0 Å². The Hall–Kier alpha value is -3.49. The van der Waals surface area contributed by atoms with Gasteiger partial charge in [-0.3, -0.25) is 4.98 Å². The lowest BCUT2D eigenvalue weighted by Gasteiger charge is -2.10. The SMILES string of the molecule is COc1cccc(F)c1Oc1cncc(-c2nc(C(C)C)c(C(=O)O)n2C)n1. The lowest BCUT2D eigenvalue weighted by molar-refractivity contribution is 0.0685. The number of methoxy groups -OCH3 is 1. The van der Waals surface area contributed by atoms with E-state index < -0.39 is 11.8 Å². The van der Waals surface area contributed by atoms with Gasteiger partial charge in [0.15, 0.2) is 23.1 Å². The first-order valence-corrected chi connectivity index (χ1v) is 8.46. The molecule has 146 valence electrons. The topological polar surface area (TPSA) is 99.4 Å². The molecule has 2 aromatic heterocycles. The van der Waals surface area contributed by atoms with Gasteiger partial charge in [0.1, 0.15) is 5.69 Å². The molecule has 9 heteroatoms. The first kappa shape index (κ1) is 19.3. The van der Waals surface area contributed by atoms with Gasteiger partial charge < -0.3 is 19.1 Å². The van der Waals surface area contributed by atoms with E-state index in [1.165, 1.54) is 36.2 Å². The van der Waals surface area contributed by atoms with Gasteiger partial charge in [0.05, 0.1) is 25.2 Å². The Morgan fingerprint density at radius 3 is 2.61 bits per heavy atom. The molecule has 2 heterocycles. The summed E-state index contributed by atoms with van der Waals surface area (Å²) in [4.78, 5) is 24.4. The zero-order chi connectivity index (χ0) is 20.4. The summed E-state index contributed by atoms with van der Waals surface area (Å²) in [5, 5.41) is 9.52. The van der Waals surface area contributed by atoms with E-state index in [-0.39, 0.29) is 29.0 Å². The van der Waals surface area contributed by atoms with Gasteiger partial charge in [-0.15, -0.1) is 0 Å². The van der Waals surface area contributed by atoms with Crippen LogP contribution < -0.4 is 9.47 Å². The van der Waals surface area contributed by atoms with Crippen molar-refractivity contribution < 1.29 is 23.8 Å². The standard InChI is InChI=1S/C19H19FN4O4/c1-10(2)15-16(19(25)26)24(3)18(23-15)12-8-21-9-14(22-12)28-17-11(20)6-5-7-13(17)27-4/h5-10H,1-4H3,(H,25,26). The number of ether oxygens (including phenoxy) is 2. The second-order valence-electron chi connectivity index (χ2n) is 6.30. The first-order valence-electron chi connectivity index (χ1n) is 8.46. The summed E-state index contributed by atoms with van der Waals surface area (Å²) in [6.45, 7) is 3.71. The van der Waals surface area contributed by atoms with Gasteiger partial charge in [-0.25, -0.2) is 19.2 Å². The molecule has 8 nitrogen and oxygen atoms in total. The van der Waals surface area contributed by atoms with Gasteiger partial charge >= 0.3 is 5.97 Å². The number of halogens is 1. The predicted octanol–water partition coefficient (Wildman–Crippen LogP) is 3.64. The average Bonchev–Trinajstić information content (AvgIpc) is 3.01. The highest BCUT2D eigenvalue weighted by Crippen LogP contribution is 2.33. The van der Waals surface area contributed by atoms with Crippen molar-refractivity contribution in [3.63, 3.8) is 0 Å². The van der Waals surface area contributed by atoms with E-state index in [0.29, 0.717) is 17.2 Å². The molecule has 0 aliphatic rings. The van der Waals surface area contributed by atoms with Crippen LogP contribution >= 0.6 is 0 Å². The van der Waals surface area contributed by atoms with Crippen molar-refractivity contribution >= 4 is 5.97 Å². The number of aromatic carboxylic acids is 1. The molecule has 0 fully saturated rings. The Labute approximate surface area is 160 Å². The lowest BCUT2D eigenvalue weighted by atomic mass is 10.1. The predicted molar refractivity (Wildman–Crippen MR) is 98.3 cm³/mol. The Morgan fingerprint density at radius 1 is 1.25 bits per heavy atom. The van der Waals surface area contributed by atoms with E-state index in [2.05, 4.69) is 15.0 Å². The monoisotopic (exact) mass is 386 g/mol. The Morgan fingerprint density at radius 2 is 2.00 bits per heavy atom. The van der Waals surface area contributed by atoms with Gasteiger partial charge in [-0.2, -0.15) is 0 Å². The van der Waals surface area contributed by atoms with Crippen molar-refractivity contribution in [1.82, 2.24) is 19.5 Å². The van der Waals surface area contributed by atoms with Crippen LogP contribution in [0.15, 0.2) is 30.6 Å². The number of carbonyl (C=O) groups is 1. The third-order valence-corrected chi connectivity index (χ3v) is 4.07. The number of nitrogens with zero attached hydrogens (tertiary/aromatic N) is 4. The van der Waals surface area contributed by atoms with Crippen LogP contribution in [0, 0.1) is 5.82 Å². The zero-order valence-corrected chi connectivity index (χ0v) is 15.8. The molecule has 0 saturated carbocycles. The van der Waals surface area contributed by atoms with Crippen molar-refractivity contribution in [3.8, 4) is 28.9 Å².